The molecule has 0 aromatic heterocycles. The van der Waals surface area contributed by atoms with Gasteiger partial charge in [0, 0.05) is 10.5 Å². The molecular weight excluding hydrogens is 298 g/mol. The maximum Gasteiger partial charge on any atom is 0.0175 e. The molecule has 3 atom stereocenters. The Morgan fingerprint density at radius 3 is 2.42 bits per heavy atom. The van der Waals surface area contributed by atoms with Crippen molar-refractivity contribution in [1.29, 1.82) is 0 Å². The van der Waals surface area contributed by atoms with Crippen LogP contribution in [0, 0.1) is 5.92 Å². The zero-order valence-corrected chi connectivity index (χ0v) is 12.4. The van der Waals surface area contributed by atoms with E-state index in [1.807, 2.05) is 0 Å². The second kappa shape index (κ2) is 5.48. The molecule has 1 nitrogen and oxygen atoms in total. The molecule has 0 spiro atoms. The molecule has 19 heavy (non-hydrogen) atoms. The van der Waals surface area contributed by atoms with E-state index in [0.717, 1.165) is 10.9 Å². The molecule has 98 valence electrons. The van der Waals surface area contributed by atoms with Crippen molar-refractivity contribution in [3.05, 3.63) is 70.2 Å². The Balaban J connectivity index is 1.61. The number of halogens is 1. The minimum absolute atomic E-state index is 0.270. The predicted octanol–water partition coefficient (Wildman–Crippen LogP) is 4.12. The Bertz CT molecular complexity index is 535. The lowest BCUT2D eigenvalue weighted by atomic mass is 10.00. The fourth-order valence-corrected chi connectivity index (χ4v) is 3.08. The monoisotopic (exact) mass is 315 g/mol. The molecule has 3 unspecified atom stereocenters. The fraction of sp³-hybridized carbons (Fsp3) is 0.294. The van der Waals surface area contributed by atoms with E-state index in [2.05, 4.69) is 70.5 Å². The van der Waals surface area contributed by atoms with Gasteiger partial charge in [-0.25, -0.2) is 0 Å². The van der Waals surface area contributed by atoms with E-state index >= 15 is 0 Å². The van der Waals surface area contributed by atoms with Gasteiger partial charge in [-0.3, -0.25) is 0 Å². The summed E-state index contributed by atoms with van der Waals surface area (Å²) in [5.41, 5.74) is 9.14. The average Bonchev–Trinajstić information content (AvgIpc) is 3.23. The third-order valence-electron chi connectivity index (χ3n) is 4.00. The molecule has 2 aromatic rings. The van der Waals surface area contributed by atoms with E-state index in [9.17, 15) is 0 Å². The van der Waals surface area contributed by atoms with Gasteiger partial charge in [-0.05, 0) is 47.9 Å². The quantitative estimate of drug-likeness (QED) is 0.902. The van der Waals surface area contributed by atoms with Crippen molar-refractivity contribution in [1.82, 2.24) is 0 Å². The van der Waals surface area contributed by atoms with Crippen LogP contribution in [0.3, 0.4) is 0 Å². The molecule has 1 aliphatic carbocycles. The first-order valence-electron chi connectivity index (χ1n) is 6.79. The first-order valence-corrected chi connectivity index (χ1v) is 7.58. The van der Waals surface area contributed by atoms with Gasteiger partial charge in [0.2, 0.25) is 0 Å². The molecule has 2 aromatic carbocycles. The first kappa shape index (κ1) is 12.9. The smallest absolute Gasteiger partial charge is 0.0175 e. The Kier molecular flexibility index (Phi) is 3.72. The minimum atomic E-state index is 0.270. The van der Waals surface area contributed by atoms with Crippen LogP contribution in [-0.2, 0) is 6.42 Å². The summed E-state index contributed by atoms with van der Waals surface area (Å²) in [7, 11) is 0. The van der Waals surface area contributed by atoms with Crippen molar-refractivity contribution >= 4 is 15.9 Å². The summed E-state index contributed by atoms with van der Waals surface area (Å²) in [6.45, 7) is 0. The molecule has 1 saturated carbocycles. The highest BCUT2D eigenvalue weighted by molar-refractivity contribution is 9.10. The van der Waals surface area contributed by atoms with Gasteiger partial charge in [-0.1, -0.05) is 58.4 Å². The molecule has 0 saturated heterocycles. The summed E-state index contributed by atoms with van der Waals surface area (Å²) in [5, 5.41) is 0. The molecule has 0 heterocycles. The van der Waals surface area contributed by atoms with Gasteiger partial charge in [-0.2, -0.15) is 0 Å². The molecule has 0 amide bonds. The van der Waals surface area contributed by atoms with Gasteiger partial charge in [0.25, 0.3) is 0 Å². The number of nitrogens with two attached hydrogens (primary N) is 1. The zero-order chi connectivity index (χ0) is 13.2. The van der Waals surface area contributed by atoms with Crippen LogP contribution in [0.4, 0.5) is 0 Å². The molecular formula is C17H18BrN. The molecule has 0 aliphatic heterocycles. The molecule has 2 heteroatoms. The van der Waals surface area contributed by atoms with Crippen molar-refractivity contribution in [3.8, 4) is 0 Å². The van der Waals surface area contributed by atoms with Crippen molar-refractivity contribution in [2.24, 2.45) is 11.7 Å². The summed E-state index contributed by atoms with van der Waals surface area (Å²) in [6, 6.07) is 19.5. The Labute approximate surface area is 123 Å². The lowest BCUT2D eigenvalue weighted by Gasteiger charge is -2.11. The molecule has 1 aliphatic rings. The summed E-state index contributed by atoms with van der Waals surface area (Å²) in [6.07, 6.45) is 2.21. The van der Waals surface area contributed by atoms with Crippen molar-refractivity contribution in [2.75, 3.05) is 0 Å². The third kappa shape index (κ3) is 3.07. The summed E-state index contributed by atoms with van der Waals surface area (Å²) >= 11 is 3.46. The minimum Gasteiger partial charge on any atom is -0.327 e. The van der Waals surface area contributed by atoms with Gasteiger partial charge in [0.1, 0.15) is 0 Å². The van der Waals surface area contributed by atoms with E-state index in [4.69, 9.17) is 5.73 Å². The topological polar surface area (TPSA) is 26.0 Å². The predicted molar refractivity (Wildman–Crippen MR) is 83.1 cm³/mol. The second-order valence-corrected chi connectivity index (χ2v) is 6.33. The fourth-order valence-electron chi connectivity index (χ4n) is 2.82. The van der Waals surface area contributed by atoms with Crippen LogP contribution in [0.15, 0.2) is 59.1 Å². The highest BCUT2D eigenvalue weighted by Gasteiger charge is 2.42. The second-order valence-electron chi connectivity index (χ2n) is 5.41. The number of hydrogen-bond acceptors (Lipinski definition) is 1. The van der Waals surface area contributed by atoms with Crippen molar-refractivity contribution in [2.45, 2.75) is 24.8 Å². The Morgan fingerprint density at radius 1 is 1.05 bits per heavy atom. The number of benzene rings is 2. The lowest BCUT2D eigenvalue weighted by molar-refractivity contribution is 0.577. The van der Waals surface area contributed by atoms with Crippen LogP contribution >= 0.6 is 15.9 Å². The van der Waals surface area contributed by atoms with Crippen LogP contribution in [-0.4, -0.2) is 6.04 Å². The third-order valence-corrected chi connectivity index (χ3v) is 4.53. The van der Waals surface area contributed by atoms with Crippen LogP contribution in [0.5, 0.6) is 0 Å². The zero-order valence-electron chi connectivity index (χ0n) is 10.8. The maximum atomic E-state index is 6.37. The standard InChI is InChI=1S/C17H18BrN/c18-14-8-6-12(7-9-14)10-17(19)16-11-15(16)13-4-2-1-3-5-13/h1-9,15-17H,10-11,19H2. The Hall–Kier alpha value is -1.12. The van der Waals surface area contributed by atoms with E-state index in [-0.39, 0.29) is 6.04 Å². The maximum absolute atomic E-state index is 6.37. The molecule has 2 N–H and O–H groups in total. The largest absolute Gasteiger partial charge is 0.327 e. The van der Waals surface area contributed by atoms with Crippen LogP contribution in [0.2, 0.25) is 0 Å². The van der Waals surface area contributed by atoms with Crippen molar-refractivity contribution in [3.63, 3.8) is 0 Å². The van der Waals surface area contributed by atoms with Crippen molar-refractivity contribution < 1.29 is 0 Å². The molecule has 1 fully saturated rings. The highest BCUT2D eigenvalue weighted by Crippen LogP contribution is 2.49. The van der Waals surface area contributed by atoms with Gasteiger partial charge in [-0.15, -0.1) is 0 Å². The average molecular weight is 316 g/mol. The first-order chi connectivity index (χ1) is 9.24. The van der Waals surface area contributed by atoms with Gasteiger partial charge < -0.3 is 5.73 Å². The highest BCUT2D eigenvalue weighted by atomic mass is 79.9. The van der Waals surface area contributed by atoms with Gasteiger partial charge in [0.05, 0.1) is 0 Å². The Morgan fingerprint density at radius 2 is 1.74 bits per heavy atom. The summed E-state index contributed by atoms with van der Waals surface area (Å²) in [5.74, 6) is 1.32. The number of hydrogen-bond donors (Lipinski definition) is 1. The molecule has 3 rings (SSSR count). The van der Waals surface area contributed by atoms with Crippen LogP contribution in [0.25, 0.3) is 0 Å². The number of rotatable bonds is 4. The van der Waals surface area contributed by atoms with Crippen LogP contribution in [0.1, 0.15) is 23.5 Å². The van der Waals surface area contributed by atoms with Crippen LogP contribution < -0.4 is 5.73 Å². The molecule has 0 bridgehead atoms. The summed E-state index contributed by atoms with van der Waals surface area (Å²) in [4.78, 5) is 0. The lowest BCUT2D eigenvalue weighted by Crippen LogP contribution is -2.25. The van der Waals surface area contributed by atoms with E-state index in [0.29, 0.717) is 11.8 Å². The van der Waals surface area contributed by atoms with Gasteiger partial charge in [0.15, 0.2) is 0 Å². The SMILES string of the molecule is NC(Cc1ccc(Br)cc1)C1CC1c1ccccc1. The van der Waals surface area contributed by atoms with Gasteiger partial charge >= 0.3 is 0 Å². The summed E-state index contributed by atoms with van der Waals surface area (Å²) < 4.78 is 1.12. The normalized spacial score (nSPS) is 23.1. The van der Waals surface area contributed by atoms with E-state index in [1.54, 1.807) is 0 Å². The molecule has 0 radical (unpaired) electrons. The van der Waals surface area contributed by atoms with E-state index in [1.165, 1.54) is 17.5 Å². The van der Waals surface area contributed by atoms with E-state index < -0.39 is 0 Å².